The summed E-state index contributed by atoms with van der Waals surface area (Å²) < 4.78 is 7.05. The standard InChI is InChI=1S/C47H34NOP/c1-5-19-35(20-6-1)45-46(36-21-7-2-8-22-36)49-47(48-45)41-31-29-33-17-13-15-27-39(33)43(41)44-40-28-16-14-18-34(40)30-32-42(44)50(37-23-9-3-10-24-37)38-25-11-4-12-26-38/h1-32,45-46H/t45-,46+/m0/s1. The maximum absolute atomic E-state index is 7.05. The monoisotopic (exact) mass is 659 g/mol. The van der Waals surface area contributed by atoms with Crippen molar-refractivity contribution in [3.63, 3.8) is 0 Å². The minimum Gasteiger partial charge on any atom is -0.467 e. The average Bonchev–Trinajstić information content (AvgIpc) is 3.65. The molecule has 0 saturated heterocycles. The molecule has 0 amide bonds. The molecule has 0 radical (unpaired) electrons. The van der Waals surface area contributed by atoms with Crippen LogP contribution in [0.3, 0.4) is 0 Å². The zero-order valence-electron chi connectivity index (χ0n) is 27.4. The van der Waals surface area contributed by atoms with Crippen LogP contribution in [0.5, 0.6) is 0 Å². The summed E-state index contributed by atoms with van der Waals surface area (Å²) in [5.41, 5.74) is 5.66. The van der Waals surface area contributed by atoms with Gasteiger partial charge in [-0.25, -0.2) is 4.99 Å². The maximum Gasteiger partial charge on any atom is 0.218 e. The second-order valence-corrected chi connectivity index (χ2v) is 14.8. The van der Waals surface area contributed by atoms with Crippen molar-refractivity contribution in [2.45, 2.75) is 12.1 Å². The summed E-state index contributed by atoms with van der Waals surface area (Å²) in [6.07, 6.45) is -0.245. The third-order valence-electron chi connectivity index (χ3n) is 9.64. The average molecular weight is 660 g/mol. The van der Waals surface area contributed by atoms with Gasteiger partial charge in [-0.15, -0.1) is 0 Å². The fraction of sp³-hybridized carbons (Fsp3) is 0.0426. The summed E-state index contributed by atoms with van der Waals surface area (Å²) in [5, 5.41) is 8.74. The molecular formula is C47H34NOP. The molecule has 2 atom stereocenters. The molecule has 9 rings (SSSR count). The molecule has 1 aliphatic heterocycles. The number of benzene rings is 8. The molecule has 3 heteroatoms. The third-order valence-corrected chi connectivity index (χ3v) is 12.1. The van der Waals surface area contributed by atoms with E-state index in [1.54, 1.807) is 0 Å². The van der Waals surface area contributed by atoms with Crippen molar-refractivity contribution in [3.8, 4) is 11.1 Å². The van der Waals surface area contributed by atoms with Gasteiger partial charge in [-0.2, -0.15) is 0 Å². The lowest BCUT2D eigenvalue weighted by Gasteiger charge is -2.26. The summed E-state index contributed by atoms with van der Waals surface area (Å²) in [6, 6.07) is 69.5. The van der Waals surface area contributed by atoms with Gasteiger partial charge < -0.3 is 4.74 Å². The molecule has 8 aromatic rings. The Morgan fingerprint density at radius 3 is 1.50 bits per heavy atom. The SMILES string of the molecule is c1ccc([C@H]2OC(c3ccc4ccccc4c3-c3c(P(c4ccccc4)c4ccccc4)ccc4ccccc34)=N[C@H]2c2ccccc2)cc1. The van der Waals surface area contributed by atoms with Crippen molar-refractivity contribution in [2.24, 2.45) is 4.99 Å². The van der Waals surface area contributed by atoms with Crippen LogP contribution in [0.15, 0.2) is 199 Å². The van der Waals surface area contributed by atoms with E-state index in [0.29, 0.717) is 5.90 Å². The van der Waals surface area contributed by atoms with Crippen molar-refractivity contribution in [2.75, 3.05) is 0 Å². The first-order valence-corrected chi connectivity index (χ1v) is 18.5. The zero-order chi connectivity index (χ0) is 33.3. The van der Waals surface area contributed by atoms with Gasteiger partial charge in [0.15, 0.2) is 6.10 Å². The molecule has 0 unspecified atom stereocenters. The molecule has 238 valence electrons. The van der Waals surface area contributed by atoms with E-state index < -0.39 is 7.92 Å². The summed E-state index contributed by atoms with van der Waals surface area (Å²) >= 11 is 0. The largest absolute Gasteiger partial charge is 0.467 e. The van der Waals surface area contributed by atoms with Gasteiger partial charge in [0.2, 0.25) is 5.90 Å². The lowest BCUT2D eigenvalue weighted by Crippen LogP contribution is -2.23. The molecule has 0 aliphatic carbocycles. The van der Waals surface area contributed by atoms with Crippen molar-refractivity contribution < 1.29 is 4.74 Å². The molecule has 0 N–H and O–H groups in total. The Morgan fingerprint density at radius 2 is 0.900 bits per heavy atom. The van der Waals surface area contributed by atoms with Crippen LogP contribution < -0.4 is 15.9 Å². The predicted molar refractivity (Wildman–Crippen MR) is 212 cm³/mol. The number of fused-ring (bicyclic) bond motifs is 2. The van der Waals surface area contributed by atoms with Crippen molar-refractivity contribution in [3.05, 3.63) is 211 Å². The topological polar surface area (TPSA) is 21.6 Å². The van der Waals surface area contributed by atoms with Crippen molar-refractivity contribution in [1.29, 1.82) is 0 Å². The molecule has 0 aromatic heterocycles. The predicted octanol–water partition coefficient (Wildman–Crippen LogP) is 10.7. The third kappa shape index (κ3) is 5.49. The van der Waals surface area contributed by atoms with E-state index >= 15 is 0 Å². The number of nitrogens with zero attached hydrogens (tertiary/aromatic N) is 1. The highest BCUT2D eigenvalue weighted by molar-refractivity contribution is 7.80. The normalized spacial score (nSPS) is 15.7. The Labute approximate surface area is 294 Å². The molecule has 0 fully saturated rings. The van der Waals surface area contributed by atoms with E-state index in [1.807, 2.05) is 0 Å². The highest BCUT2D eigenvalue weighted by Crippen LogP contribution is 2.46. The molecule has 0 spiro atoms. The first kappa shape index (κ1) is 30.3. The minimum absolute atomic E-state index is 0.175. The lowest BCUT2D eigenvalue weighted by atomic mass is 9.90. The number of aliphatic imine (C=N–C) groups is 1. The Morgan fingerprint density at radius 1 is 0.420 bits per heavy atom. The number of hydrogen-bond acceptors (Lipinski definition) is 2. The van der Waals surface area contributed by atoms with E-state index in [2.05, 4.69) is 194 Å². The Hall–Kier alpha value is -5.82. The Bertz CT molecular complexity index is 2420. The van der Waals surface area contributed by atoms with Gasteiger partial charge >= 0.3 is 0 Å². The second kappa shape index (κ2) is 13.2. The number of ether oxygens (including phenoxy) is 1. The summed E-state index contributed by atoms with van der Waals surface area (Å²) in [6.45, 7) is 0. The number of rotatable bonds is 7. The van der Waals surface area contributed by atoms with Gasteiger partial charge in [0.05, 0.1) is 0 Å². The molecular weight excluding hydrogens is 625 g/mol. The quantitative estimate of drug-likeness (QED) is 0.156. The fourth-order valence-corrected chi connectivity index (χ4v) is 9.82. The molecule has 1 heterocycles. The molecule has 50 heavy (non-hydrogen) atoms. The van der Waals surface area contributed by atoms with Crippen LogP contribution in [0.1, 0.15) is 28.8 Å². The van der Waals surface area contributed by atoms with E-state index in [9.17, 15) is 0 Å². The molecule has 1 aliphatic rings. The second-order valence-electron chi connectivity index (χ2n) is 12.6. The van der Waals surface area contributed by atoms with Crippen molar-refractivity contribution >= 4 is 51.3 Å². The molecule has 0 saturated carbocycles. The van der Waals surface area contributed by atoms with Gasteiger partial charge in [-0.3, -0.25) is 0 Å². The van der Waals surface area contributed by atoms with Crippen molar-refractivity contribution in [1.82, 2.24) is 0 Å². The van der Waals surface area contributed by atoms with Gasteiger partial charge in [0, 0.05) is 11.1 Å². The zero-order valence-corrected chi connectivity index (χ0v) is 28.3. The fourth-order valence-electron chi connectivity index (χ4n) is 7.34. The molecule has 2 nitrogen and oxygen atoms in total. The first-order chi connectivity index (χ1) is 24.8. The smallest absolute Gasteiger partial charge is 0.218 e. The van der Waals surface area contributed by atoms with Crippen LogP contribution in [-0.2, 0) is 4.74 Å². The Balaban J connectivity index is 1.34. The maximum atomic E-state index is 7.05. The minimum atomic E-state index is -0.914. The van der Waals surface area contributed by atoms with Crippen LogP contribution in [0.25, 0.3) is 32.7 Å². The van der Waals surface area contributed by atoms with E-state index in [4.69, 9.17) is 9.73 Å². The highest BCUT2D eigenvalue weighted by atomic mass is 31.1. The van der Waals surface area contributed by atoms with E-state index in [1.165, 1.54) is 43.0 Å². The van der Waals surface area contributed by atoms with Gasteiger partial charge in [0.1, 0.15) is 6.04 Å². The highest BCUT2D eigenvalue weighted by Gasteiger charge is 2.36. The first-order valence-electron chi connectivity index (χ1n) is 17.1. The van der Waals surface area contributed by atoms with Crippen LogP contribution in [0.2, 0.25) is 0 Å². The van der Waals surface area contributed by atoms with Gasteiger partial charge in [-0.1, -0.05) is 188 Å². The van der Waals surface area contributed by atoms with Crippen LogP contribution in [-0.4, -0.2) is 5.90 Å². The Kier molecular flexibility index (Phi) is 8.01. The van der Waals surface area contributed by atoms with Gasteiger partial charge in [0.25, 0.3) is 0 Å². The van der Waals surface area contributed by atoms with E-state index in [0.717, 1.165) is 22.3 Å². The summed E-state index contributed by atoms with van der Waals surface area (Å²) in [7, 11) is -0.914. The summed E-state index contributed by atoms with van der Waals surface area (Å²) in [5.74, 6) is 0.677. The van der Waals surface area contributed by atoms with Crippen LogP contribution in [0.4, 0.5) is 0 Å². The number of hydrogen-bond donors (Lipinski definition) is 0. The van der Waals surface area contributed by atoms with E-state index in [-0.39, 0.29) is 12.1 Å². The molecule has 0 bridgehead atoms. The van der Waals surface area contributed by atoms with Crippen LogP contribution in [0, 0.1) is 0 Å². The molecule has 8 aromatic carbocycles. The lowest BCUT2D eigenvalue weighted by molar-refractivity contribution is 0.197. The van der Waals surface area contributed by atoms with Crippen LogP contribution >= 0.6 is 7.92 Å². The van der Waals surface area contributed by atoms with Gasteiger partial charge in [-0.05, 0) is 68.1 Å². The summed E-state index contributed by atoms with van der Waals surface area (Å²) in [4.78, 5) is 5.45.